The minimum atomic E-state index is -0.614. The molecule has 0 radical (unpaired) electrons. The monoisotopic (exact) mass is 700 g/mol. The SMILES string of the molecule is CC(=C/C(C)=C/C(C)=C/C[C@@H](O)C[C@H](C)O)/C=C/C(=O)OC1CCCC(=O)O[C@@H]([C@@H](C)C/C(C)=C/[C@@H](C)[C@H](O)C[C@@H](C)O)C/C=C(\C)C[C@@H]1C. The van der Waals surface area contributed by atoms with E-state index in [0.717, 1.165) is 40.7 Å². The first kappa shape index (κ1) is 45.2. The summed E-state index contributed by atoms with van der Waals surface area (Å²) < 4.78 is 11.9. The van der Waals surface area contributed by atoms with Gasteiger partial charge in [0.2, 0.25) is 0 Å². The normalized spacial score (nSPS) is 25.7. The molecule has 9 atom stereocenters. The van der Waals surface area contributed by atoms with Gasteiger partial charge in [0.1, 0.15) is 12.2 Å². The molecule has 1 rings (SSSR count). The zero-order chi connectivity index (χ0) is 38.0. The number of allylic oxidation sites excluding steroid dienone is 8. The highest BCUT2D eigenvalue weighted by Crippen LogP contribution is 2.27. The van der Waals surface area contributed by atoms with E-state index in [2.05, 4.69) is 26.8 Å². The van der Waals surface area contributed by atoms with Crippen LogP contribution in [0.1, 0.15) is 127 Å². The lowest BCUT2D eigenvalue weighted by Gasteiger charge is -2.27. The van der Waals surface area contributed by atoms with Crippen molar-refractivity contribution in [1.82, 2.24) is 0 Å². The second-order valence-corrected chi connectivity index (χ2v) is 15.1. The maximum absolute atomic E-state index is 12.9. The molecule has 0 aromatic heterocycles. The van der Waals surface area contributed by atoms with Crippen LogP contribution in [0.15, 0.2) is 70.4 Å². The fourth-order valence-electron chi connectivity index (χ4n) is 6.47. The zero-order valence-electron chi connectivity index (χ0n) is 32.5. The number of rotatable bonds is 16. The summed E-state index contributed by atoms with van der Waals surface area (Å²) in [4.78, 5) is 25.8. The summed E-state index contributed by atoms with van der Waals surface area (Å²) in [5.41, 5.74) is 5.18. The van der Waals surface area contributed by atoms with E-state index in [4.69, 9.17) is 9.47 Å². The second-order valence-electron chi connectivity index (χ2n) is 15.1. The average molecular weight is 701 g/mol. The highest BCUT2D eigenvalue weighted by molar-refractivity contribution is 5.82. The smallest absolute Gasteiger partial charge is 0.331 e. The minimum absolute atomic E-state index is 0.0744. The predicted octanol–water partition coefficient (Wildman–Crippen LogP) is 8.01. The lowest BCUT2D eigenvalue weighted by Crippen LogP contribution is -2.28. The Hall–Kier alpha value is -2.78. The molecule has 8 heteroatoms. The van der Waals surface area contributed by atoms with Crippen molar-refractivity contribution in [3.8, 4) is 0 Å². The Morgan fingerprint density at radius 1 is 0.960 bits per heavy atom. The number of aliphatic hydroxyl groups excluding tert-OH is 4. The van der Waals surface area contributed by atoms with Crippen molar-refractivity contribution in [2.75, 3.05) is 0 Å². The number of carbonyl (C=O) groups is 2. The molecular formula is C42H68O8. The molecule has 0 saturated heterocycles. The number of cyclic esters (lactones) is 1. The molecular weight excluding hydrogens is 632 g/mol. The van der Waals surface area contributed by atoms with Crippen LogP contribution in [0.25, 0.3) is 0 Å². The van der Waals surface area contributed by atoms with Crippen molar-refractivity contribution in [1.29, 1.82) is 0 Å². The van der Waals surface area contributed by atoms with Crippen LogP contribution in [0.2, 0.25) is 0 Å². The molecule has 1 aliphatic rings. The lowest BCUT2D eigenvalue weighted by atomic mass is 9.89. The Balaban J connectivity index is 2.87. The Kier molecular flexibility index (Phi) is 21.4. The van der Waals surface area contributed by atoms with Crippen molar-refractivity contribution in [3.05, 3.63) is 70.4 Å². The van der Waals surface area contributed by atoms with Crippen molar-refractivity contribution < 1.29 is 39.5 Å². The third-order valence-electron chi connectivity index (χ3n) is 9.13. The molecule has 0 aromatic carbocycles. The quantitative estimate of drug-likeness (QED) is 0.0551. The maximum Gasteiger partial charge on any atom is 0.331 e. The first-order valence-electron chi connectivity index (χ1n) is 18.5. The van der Waals surface area contributed by atoms with Gasteiger partial charge in [-0.15, -0.1) is 0 Å². The molecule has 1 unspecified atom stereocenters. The van der Waals surface area contributed by atoms with Crippen LogP contribution in [0.5, 0.6) is 0 Å². The number of hydrogen-bond donors (Lipinski definition) is 4. The summed E-state index contributed by atoms with van der Waals surface area (Å²) in [6.07, 6.45) is 15.0. The summed E-state index contributed by atoms with van der Waals surface area (Å²) in [6.45, 7) is 19.4. The van der Waals surface area contributed by atoms with Gasteiger partial charge in [-0.2, -0.15) is 0 Å². The van der Waals surface area contributed by atoms with Crippen LogP contribution in [0.3, 0.4) is 0 Å². The zero-order valence-corrected chi connectivity index (χ0v) is 32.5. The van der Waals surface area contributed by atoms with E-state index in [0.29, 0.717) is 38.5 Å². The van der Waals surface area contributed by atoms with Crippen LogP contribution in [0, 0.1) is 17.8 Å². The highest BCUT2D eigenvalue weighted by atomic mass is 16.5. The maximum atomic E-state index is 12.9. The number of aliphatic hydroxyl groups is 4. The molecule has 50 heavy (non-hydrogen) atoms. The van der Waals surface area contributed by atoms with Gasteiger partial charge >= 0.3 is 11.9 Å². The van der Waals surface area contributed by atoms with E-state index in [-0.39, 0.29) is 42.4 Å². The summed E-state index contributed by atoms with van der Waals surface area (Å²) in [7, 11) is 0. The van der Waals surface area contributed by atoms with Gasteiger partial charge in [0.15, 0.2) is 0 Å². The fourth-order valence-corrected chi connectivity index (χ4v) is 6.47. The van der Waals surface area contributed by atoms with Crippen LogP contribution in [0.4, 0.5) is 0 Å². The van der Waals surface area contributed by atoms with Crippen LogP contribution in [-0.4, -0.2) is 69.0 Å². The Morgan fingerprint density at radius 3 is 2.24 bits per heavy atom. The van der Waals surface area contributed by atoms with Crippen LogP contribution < -0.4 is 0 Å². The summed E-state index contributed by atoms with van der Waals surface area (Å²) in [5, 5.41) is 39.4. The molecule has 4 N–H and O–H groups in total. The molecule has 8 nitrogen and oxygen atoms in total. The summed E-state index contributed by atoms with van der Waals surface area (Å²) >= 11 is 0. The van der Waals surface area contributed by atoms with Crippen molar-refractivity contribution in [3.63, 3.8) is 0 Å². The molecule has 0 fully saturated rings. The predicted molar refractivity (Wildman–Crippen MR) is 202 cm³/mol. The number of carbonyl (C=O) groups excluding carboxylic acids is 2. The van der Waals surface area contributed by atoms with Crippen molar-refractivity contribution >= 4 is 11.9 Å². The fraction of sp³-hybridized carbons (Fsp3) is 0.667. The molecule has 0 saturated carbocycles. The standard InChI is InChI=1S/C42H68O8/c1-27(14-17-37(45)25-35(9)43)20-30(4)21-28(2)16-19-42(48)49-39-12-11-13-41(47)50-40(18-15-29(3)22-33(39)7)34(8)24-31(5)23-32(6)38(46)26-36(10)44/h14-16,19-21,23,32-40,43-46H,11-13,17-18,22,24-26H2,1-10H3/b19-16+,27-14+,28-21-,29-15+,30-20+,31-23+/t32-,33+,34+,35+,36-,37-,38-,39?,40-/m1/s1. The van der Waals surface area contributed by atoms with E-state index in [1.807, 2.05) is 58.9 Å². The number of esters is 2. The topological polar surface area (TPSA) is 134 Å². The molecule has 1 aliphatic heterocycles. The van der Waals surface area contributed by atoms with E-state index >= 15 is 0 Å². The van der Waals surface area contributed by atoms with Gasteiger partial charge in [0.25, 0.3) is 0 Å². The summed E-state index contributed by atoms with van der Waals surface area (Å²) in [5.74, 6) is -0.598. The Labute approximate surface area is 302 Å². The minimum Gasteiger partial charge on any atom is -0.462 e. The first-order valence-corrected chi connectivity index (χ1v) is 18.5. The highest BCUT2D eigenvalue weighted by Gasteiger charge is 2.26. The van der Waals surface area contributed by atoms with E-state index < -0.39 is 30.4 Å². The van der Waals surface area contributed by atoms with Gasteiger partial charge in [-0.3, -0.25) is 4.79 Å². The number of ether oxygens (including phenoxy) is 2. The third kappa shape index (κ3) is 20.2. The van der Waals surface area contributed by atoms with Crippen molar-refractivity contribution in [2.45, 2.75) is 164 Å². The van der Waals surface area contributed by atoms with Gasteiger partial charge in [-0.05, 0) is 105 Å². The molecule has 0 amide bonds. The molecule has 0 aliphatic carbocycles. The van der Waals surface area contributed by atoms with E-state index in [1.54, 1.807) is 19.9 Å². The van der Waals surface area contributed by atoms with Gasteiger partial charge in [-0.1, -0.05) is 85.1 Å². The van der Waals surface area contributed by atoms with Gasteiger partial charge in [-0.25, -0.2) is 4.79 Å². The molecule has 0 bridgehead atoms. The molecule has 0 spiro atoms. The van der Waals surface area contributed by atoms with Crippen LogP contribution >= 0.6 is 0 Å². The van der Waals surface area contributed by atoms with E-state index in [1.165, 1.54) is 6.08 Å². The molecule has 0 aromatic rings. The third-order valence-corrected chi connectivity index (χ3v) is 9.13. The molecule has 284 valence electrons. The van der Waals surface area contributed by atoms with Crippen LogP contribution in [-0.2, 0) is 19.1 Å². The summed E-state index contributed by atoms with van der Waals surface area (Å²) in [6, 6.07) is 0. The van der Waals surface area contributed by atoms with E-state index in [9.17, 15) is 30.0 Å². The lowest BCUT2D eigenvalue weighted by molar-refractivity contribution is -0.152. The first-order chi connectivity index (χ1) is 23.4. The largest absolute Gasteiger partial charge is 0.462 e. The second kappa shape index (κ2) is 23.6. The Morgan fingerprint density at radius 2 is 1.60 bits per heavy atom. The Bertz CT molecular complexity index is 1230. The van der Waals surface area contributed by atoms with Crippen molar-refractivity contribution in [2.24, 2.45) is 17.8 Å². The van der Waals surface area contributed by atoms with Gasteiger partial charge < -0.3 is 29.9 Å². The molecule has 1 heterocycles. The number of hydrogen-bond acceptors (Lipinski definition) is 8. The average Bonchev–Trinajstić information content (AvgIpc) is 2.99. The van der Waals surface area contributed by atoms with Gasteiger partial charge in [0.05, 0.1) is 24.4 Å². The van der Waals surface area contributed by atoms with Gasteiger partial charge in [0, 0.05) is 24.8 Å².